The number of morpholine rings is 1. The molecule has 1 atom stereocenters. The molecule has 0 radical (unpaired) electrons. The normalized spacial score (nSPS) is 16.3. The lowest BCUT2D eigenvalue weighted by molar-refractivity contribution is -0.0636. The Morgan fingerprint density at radius 2 is 1.38 bits per heavy atom. The summed E-state index contributed by atoms with van der Waals surface area (Å²) in [6.07, 6.45) is -0.259. The minimum Gasteiger partial charge on any atom is -0.443 e. The Morgan fingerprint density at radius 1 is 0.828 bits per heavy atom. The van der Waals surface area contributed by atoms with E-state index in [0.717, 1.165) is 23.9 Å². The summed E-state index contributed by atoms with van der Waals surface area (Å²) in [7, 11) is 0. The Hall–Kier alpha value is -2.95. The van der Waals surface area contributed by atoms with Gasteiger partial charge in [0.15, 0.2) is 6.23 Å². The maximum Gasteiger partial charge on any atom is 0.339 e. The summed E-state index contributed by atoms with van der Waals surface area (Å²) in [6, 6.07) is 22.9. The van der Waals surface area contributed by atoms with Crippen molar-refractivity contribution in [1.82, 2.24) is 4.90 Å². The van der Waals surface area contributed by atoms with Gasteiger partial charge in [-0.2, -0.15) is 0 Å². The van der Waals surface area contributed by atoms with E-state index in [4.69, 9.17) is 9.47 Å². The third kappa shape index (κ3) is 3.57. The molecular weight excluding hydrogens is 362 g/mol. The van der Waals surface area contributed by atoms with E-state index in [-0.39, 0.29) is 12.2 Å². The second-order valence-electron chi connectivity index (χ2n) is 7.61. The van der Waals surface area contributed by atoms with Crippen molar-refractivity contribution in [1.29, 1.82) is 0 Å². The van der Waals surface area contributed by atoms with E-state index in [1.54, 1.807) is 0 Å². The average molecular weight is 385 g/mol. The molecule has 146 valence electrons. The van der Waals surface area contributed by atoms with Gasteiger partial charge in [-0.05, 0) is 75.6 Å². The van der Waals surface area contributed by atoms with Crippen molar-refractivity contribution in [3.63, 3.8) is 0 Å². The van der Waals surface area contributed by atoms with E-state index < -0.39 is 0 Å². The van der Waals surface area contributed by atoms with E-state index in [1.807, 2.05) is 25.1 Å². The highest BCUT2D eigenvalue weighted by molar-refractivity contribution is 6.06. The van der Waals surface area contributed by atoms with Gasteiger partial charge in [-0.1, -0.05) is 30.3 Å². The molecule has 0 aromatic heterocycles. The van der Waals surface area contributed by atoms with Crippen molar-refractivity contribution < 1.29 is 14.3 Å². The summed E-state index contributed by atoms with van der Waals surface area (Å²) in [5.74, 6) is -0.287. The van der Waals surface area contributed by atoms with Gasteiger partial charge in [0.2, 0.25) is 0 Å². The smallest absolute Gasteiger partial charge is 0.339 e. The average Bonchev–Trinajstić information content (AvgIpc) is 2.76. The van der Waals surface area contributed by atoms with Crippen LogP contribution in [0.2, 0.25) is 0 Å². The summed E-state index contributed by atoms with van der Waals surface area (Å²) in [5, 5.41) is 6.98. The number of carbonyl (C=O) groups excluding carboxylic acids is 1. The molecular formula is C25H23NO3. The highest BCUT2D eigenvalue weighted by atomic mass is 16.6. The second kappa shape index (κ2) is 7.47. The van der Waals surface area contributed by atoms with E-state index in [2.05, 4.69) is 53.4 Å². The van der Waals surface area contributed by atoms with Crippen LogP contribution < -0.4 is 0 Å². The molecule has 5 rings (SSSR count). The Balaban J connectivity index is 1.46. The second-order valence-corrected chi connectivity index (χ2v) is 7.61. The van der Waals surface area contributed by atoms with Crippen LogP contribution in [0.1, 0.15) is 17.3 Å². The monoisotopic (exact) mass is 385 g/mol. The van der Waals surface area contributed by atoms with Crippen molar-refractivity contribution in [3.05, 3.63) is 72.3 Å². The maximum absolute atomic E-state index is 12.7. The number of ether oxygens (including phenoxy) is 2. The molecule has 0 bridgehead atoms. The summed E-state index contributed by atoms with van der Waals surface area (Å²) in [5.41, 5.74) is 0.581. The van der Waals surface area contributed by atoms with Gasteiger partial charge in [0.05, 0.1) is 18.8 Å². The molecule has 1 aliphatic heterocycles. The van der Waals surface area contributed by atoms with Crippen LogP contribution in [0.4, 0.5) is 0 Å². The molecule has 1 saturated heterocycles. The highest BCUT2D eigenvalue weighted by Gasteiger charge is 2.21. The van der Waals surface area contributed by atoms with Crippen LogP contribution >= 0.6 is 0 Å². The van der Waals surface area contributed by atoms with E-state index in [9.17, 15) is 4.79 Å². The summed E-state index contributed by atoms with van der Waals surface area (Å²) in [4.78, 5) is 14.8. The van der Waals surface area contributed by atoms with Gasteiger partial charge >= 0.3 is 5.97 Å². The quantitative estimate of drug-likeness (QED) is 0.368. The van der Waals surface area contributed by atoms with Gasteiger partial charge in [0.25, 0.3) is 0 Å². The van der Waals surface area contributed by atoms with E-state index in [0.29, 0.717) is 18.8 Å². The fraction of sp³-hybridized carbons (Fsp3) is 0.240. The molecule has 1 fully saturated rings. The molecule has 0 saturated carbocycles. The first-order valence-electron chi connectivity index (χ1n) is 10.1. The minimum atomic E-state index is -0.287. The van der Waals surface area contributed by atoms with Crippen LogP contribution in [0, 0.1) is 0 Å². The van der Waals surface area contributed by atoms with Crippen LogP contribution in [0.15, 0.2) is 66.7 Å². The Kier molecular flexibility index (Phi) is 4.66. The van der Waals surface area contributed by atoms with Crippen LogP contribution in [-0.4, -0.2) is 43.4 Å². The lowest BCUT2D eigenvalue weighted by Gasteiger charge is -2.31. The number of fused-ring (bicyclic) bond motifs is 3. The first-order valence-corrected chi connectivity index (χ1v) is 10.1. The number of carbonyl (C=O) groups is 1. The van der Waals surface area contributed by atoms with Gasteiger partial charge in [0, 0.05) is 13.1 Å². The first-order chi connectivity index (χ1) is 14.2. The van der Waals surface area contributed by atoms with Crippen LogP contribution in [0.5, 0.6) is 0 Å². The molecule has 1 heterocycles. The summed E-state index contributed by atoms with van der Waals surface area (Å²) >= 11 is 0. The van der Waals surface area contributed by atoms with Crippen molar-refractivity contribution >= 4 is 38.3 Å². The Labute approximate surface area is 169 Å². The molecule has 0 amide bonds. The molecule has 0 N–H and O–H groups in total. The van der Waals surface area contributed by atoms with Gasteiger partial charge in [0.1, 0.15) is 0 Å². The van der Waals surface area contributed by atoms with Gasteiger partial charge in [-0.3, -0.25) is 4.90 Å². The van der Waals surface area contributed by atoms with E-state index >= 15 is 0 Å². The van der Waals surface area contributed by atoms with Crippen LogP contribution in [0.25, 0.3) is 32.3 Å². The van der Waals surface area contributed by atoms with Gasteiger partial charge < -0.3 is 9.47 Å². The Bertz CT molecular complexity index is 1210. The lowest BCUT2D eigenvalue weighted by Crippen LogP contribution is -2.44. The molecule has 0 aliphatic carbocycles. The molecule has 4 nitrogen and oxygen atoms in total. The number of rotatable bonds is 3. The third-order valence-electron chi connectivity index (χ3n) is 5.73. The fourth-order valence-electron chi connectivity index (χ4n) is 4.06. The molecule has 1 aliphatic rings. The molecule has 29 heavy (non-hydrogen) atoms. The van der Waals surface area contributed by atoms with E-state index in [1.165, 1.54) is 21.5 Å². The number of hydrogen-bond acceptors (Lipinski definition) is 4. The lowest BCUT2D eigenvalue weighted by atomic mass is 9.99. The minimum absolute atomic E-state index is 0.259. The zero-order valence-electron chi connectivity index (χ0n) is 16.4. The number of benzene rings is 4. The predicted molar refractivity (Wildman–Crippen MR) is 116 cm³/mol. The molecule has 4 aromatic rings. The first kappa shape index (κ1) is 18.1. The molecule has 4 heteroatoms. The third-order valence-corrected chi connectivity index (χ3v) is 5.73. The predicted octanol–water partition coefficient (Wildman–Crippen LogP) is 4.98. The SMILES string of the molecule is CC(OC(=O)c1ccc2cc3cc4ccccc4cc3cc2c1)N1CCOCC1. The van der Waals surface area contributed by atoms with Crippen LogP contribution in [0.3, 0.4) is 0 Å². The van der Waals surface area contributed by atoms with Crippen molar-refractivity contribution in [3.8, 4) is 0 Å². The fourth-order valence-corrected chi connectivity index (χ4v) is 4.06. The molecule has 0 spiro atoms. The highest BCUT2D eigenvalue weighted by Crippen LogP contribution is 2.28. The van der Waals surface area contributed by atoms with Crippen molar-refractivity contribution in [2.45, 2.75) is 13.2 Å². The van der Waals surface area contributed by atoms with Crippen molar-refractivity contribution in [2.24, 2.45) is 0 Å². The van der Waals surface area contributed by atoms with Gasteiger partial charge in [-0.25, -0.2) is 4.79 Å². The Morgan fingerprint density at radius 3 is 2.03 bits per heavy atom. The van der Waals surface area contributed by atoms with Crippen LogP contribution in [-0.2, 0) is 9.47 Å². The largest absolute Gasteiger partial charge is 0.443 e. The molecule has 4 aromatic carbocycles. The molecule has 1 unspecified atom stereocenters. The number of esters is 1. The van der Waals surface area contributed by atoms with Gasteiger partial charge in [-0.15, -0.1) is 0 Å². The summed E-state index contributed by atoms with van der Waals surface area (Å²) in [6.45, 7) is 4.85. The zero-order valence-corrected chi connectivity index (χ0v) is 16.4. The van der Waals surface area contributed by atoms with Crippen molar-refractivity contribution in [2.75, 3.05) is 26.3 Å². The standard InChI is InChI=1S/C25H23NO3/c1-17(26-8-10-28-11-9-26)29-25(27)21-7-6-20-14-23-12-18-4-2-3-5-19(18)13-24(23)16-22(20)15-21/h2-7,12-17H,8-11H2,1H3. The topological polar surface area (TPSA) is 38.8 Å². The maximum atomic E-state index is 12.7. The summed E-state index contributed by atoms with van der Waals surface area (Å²) < 4.78 is 11.1. The zero-order chi connectivity index (χ0) is 19.8. The number of nitrogens with zero attached hydrogens (tertiary/aromatic N) is 1. The number of hydrogen-bond donors (Lipinski definition) is 0.